The SMILES string of the molecule is O=C(CC1Nc2ccccc2NC1=O)Nc1cccc(SC(F)(F)C(F)(F)C(F)(F)F)c1. The lowest BCUT2D eigenvalue weighted by Gasteiger charge is -2.27. The van der Waals surface area contributed by atoms with Gasteiger partial charge in [0.2, 0.25) is 11.8 Å². The summed E-state index contributed by atoms with van der Waals surface area (Å²) in [6, 6.07) is 9.84. The molecule has 1 unspecified atom stereocenters. The summed E-state index contributed by atoms with van der Waals surface area (Å²) in [6.45, 7) is 0. The molecule has 3 N–H and O–H groups in total. The van der Waals surface area contributed by atoms with Crippen molar-refractivity contribution in [2.45, 2.75) is 34.7 Å². The topological polar surface area (TPSA) is 70.2 Å². The molecule has 3 rings (SSSR count). The zero-order valence-electron chi connectivity index (χ0n) is 15.8. The van der Waals surface area contributed by atoms with Gasteiger partial charge in [0.25, 0.3) is 0 Å². The molecule has 0 radical (unpaired) electrons. The zero-order valence-corrected chi connectivity index (χ0v) is 16.6. The number of halogens is 7. The number of hydrogen-bond donors (Lipinski definition) is 3. The van der Waals surface area contributed by atoms with Crippen LogP contribution in [0.2, 0.25) is 0 Å². The van der Waals surface area contributed by atoms with E-state index in [1.807, 2.05) is 0 Å². The fourth-order valence-electron chi connectivity index (χ4n) is 2.75. The summed E-state index contributed by atoms with van der Waals surface area (Å²) in [5.41, 5.74) is 0.981. The van der Waals surface area contributed by atoms with Gasteiger partial charge in [0.15, 0.2) is 0 Å². The second kappa shape index (κ2) is 8.52. The number of carbonyl (C=O) groups is 2. The fourth-order valence-corrected chi connectivity index (χ4v) is 3.62. The van der Waals surface area contributed by atoms with Crippen LogP contribution in [0, 0.1) is 0 Å². The molecule has 0 aromatic heterocycles. The number of alkyl halides is 7. The number of amides is 2. The molecule has 32 heavy (non-hydrogen) atoms. The minimum Gasteiger partial charge on any atom is -0.372 e. The Morgan fingerprint density at radius 3 is 2.28 bits per heavy atom. The summed E-state index contributed by atoms with van der Waals surface area (Å²) in [6.07, 6.45) is -6.80. The fraction of sp³-hybridized carbons (Fsp3) is 0.263. The first-order chi connectivity index (χ1) is 14.8. The minimum absolute atomic E-state index is 0.122. The van der Waals surface area contributed by atoms with Crippen molar-refractivity contribution in [1.29, 1.82) is 0 Å². The Labute approximate surface area is 180 Å². The minimum atomic E-state index is -6.44. The van der Waals surface area contributed by atoms with Gasteiger partial charge in [-0.05, 0) is 42.1 Å². The molecule has 2 aromatic rings. The molecule has 0 saturated heterocycles. The van der Waals surface area contributed by atoms with E-state index in [0.29, 0.717) is 11.4 Å². The van der Waals surface area contributed by atoms with Gasteiger partial charge in [-0.3, -0.25) is 9.59 Å². The predicted octanol–water partition coefficient (Wildman–Crippen LogP) is 5.33. The maximum Gasteiger partial charge on any atom is 0.460 e. The smallest absolute Gasteiger partial charge is 0.372 e. The average molecular weight is 481 g/mol. The van der Waals surface area contributed by atoms with Gasteiger partial charge in [0, 0.05) is 10.6 Å². The van der Waals surface area contributed by atoms with Crippen LogP contribution in [-0.4, -0.2) is 35.2 Å². The monoisotopic (exact) mass is 481 g/mol. The van der Waals surface area contributed by atoms with Crippen LogP contribution >= 0.6 is 11.8 Å². The highest BCUT2D eigenvalue weighted by atomic mass is 32.2. The van der Waals surface area contributed by atoms with E-state index in [0.717, 1.165) is 18.2 Å². The Hall–Kier alpha value is -2.96. The van der Waals surface area contributed by atoms with E-state index in [-0.39, 0.29) is 12.1 Å². The van der Waals surface area contributed by atoms with E-state index in [1.165, 1.54) is 6.07 Å². The van der Waals surface area contributed by atoms with Crippen LogP contribution in [0.1, 0.15) is 6.42 Å². The zero-order chi connectivity index (χ0) is 23.7. The number of para-hydroxylation sites is 2. The van der Waals surface area contributed by atoms with Crippen molar-refractivity contribution in [2.24, 2.45) is 0 Å². The molecule has 2 amide bonds. The standard InChI is InChI=1S/C19H14F7N3O2S/c20-17(21,18(22,23)24)19(25,26)32-11-5-3-4-10(8-11)27-15(30)9-14-16(31)29-13-7-2-1-6-12(13)28-14/h1-8,14,28H,9H2,(H,27,30)(H,29,31). The third kappa shape index (κ3) is 4.92. The molecule has 0 spiro atoms. The summed E-state index contributed by atoms with van der Waals surface area (Å²) in [4.78, 5) is 23.8. The lowest BCUT2D eigenvalue weighted by molar-refractivity contribution is -0.330. The van der Waals surface area contributed by atoms with Crippen molar-refractivity contribution < 1.29 is 40.3 Å². The number of thioether (sulfide) groups is 1. The van der Waals surface area contributed by atoms with Gasteiger partial charge >= 0.3 is 17.4 Å². The number of carbonyl (C=O) groups excluding carboxylic acids is 2. The normalized spacial score (nSPS) is 16.6. The maximum atomic E-state index is 13.6. The van der Waals surface area contributed by atoms with Crippen molar-refractivity contribution in [2.75, 3.05) is 16.0 Å². The molecule has 0 fully saturated rings. The molecule has 0 bridgehead atoms. The number of hydrogen-bond acceptors (Lipinski definition) is 4. The maximum absolute atomic E-state index is 13.6. The quantitative estimate of drug-likeness (QED) is 0.385. The Bertz CT molecular complexity index is 1030. The number of nitrogens with one attached hydrogen (secondary N) is 3. The Morgan fingerprint density at radius 1 is 0.969 bits per heavy atom. The highest BCUT2D eigenvalue weighted by Gasteiger charge is 2.73. The first kappa shape index (κ1) is 23.7. The number of rotatable bonds is 6. The molecule has 0 aliphatic carbocycles. The predicted molar refractivity (Wildman–Crippen MR) is 104 cm³/mol. The van der Waals surface area contributed by atoms with Gasteiger partial charge in [-0.15, -0.1) is 0 Å². The average Bonchev–Trinajstić information content (AvgIpc) is 2.67. The number of anilines is 3. The highest BCUT2D eigenvalue weighted by molar-refractivity contribution is 8.00. The largest absolute Gasteiger partial charge is 0.460 e. The van der Waals surface area contributed by atoms with Crippen molar-refractivity contribution in [3.63, 3.8) is 0 Å². The molecule has 1 aliphatic rings. The summed E-state index contributed by atoms with van der Waals surface area (Å²) in [7, 11) is 0. The van der Waals surface area contributed by atoms with Gasteiger partial charge in [-0.1, -0.05) is 18.2 Å². The highest BCUT2D eigenvalue weighted by Crippen LogP contribution is 2.53. The van der Waals surface area contributed by atoms with Crippen LogP contribution < -0.4 is 16.0 Å². The van der Waals surface area contributed by atoms with Gasteiger partial charge in [-0.2, -0.15) is 30.7 Å². The lowest BCUT2D eigenvalue weighted by atomic mass is 10.1. The van der Waals surface area contributed by atoms with Gasteiger partial charge in [-0.25, -0.2) is 0 Å². The van der Waals surface area contributed by atoms with Crippen LogP contribution in [-0.2, 0) is 9.59 Å². The van der Waals surface area contributed by atoms with Crippen LogP contribution in [0.4, 0.5) is 47.8 Å². The van der Waals surface area contributed by atoms with Crippen molar-refractivity contribution in [3.05, 3.63) is 48.5 Å². The van der Waals surface area contributed by atoms with Crippen molar-refractivity contribution >= 4 is 40.6 Å². The lowest BCUT2D eigenvalue weighted by Crippen LogP contribution is -2.49. The molecule has 0 saturated carbocycles. The molecule has 1 atom stereocenters. The first-order valence-corrected chi connectivity index (χ1v) is 9.69. The molecular weight excluding hydrogens is 467 g/mol. The molecule has 13 heteroatoms. The second-order valence-electron chi connectivity index (χ2n) is 6.70. The summed E-state index contributed by atoms with van der Waals surface area (Å²) in [5, 5.41) is 2.30. The second-order valence-corrected chi connectivity index (χ2v) is 7.89. The van der Waals surface area contributed by atoms with E-state index in [2.05, 4.69) is 16.0 Å². The van der Waals surface area contributed by atoms with Crippen molar-refractivity contribution in [1.82, 2.24) is 0 Å². The van der Waals surface area contributed by atoms with Crippen LogP contribution in [0.15, 0.2) is 53.4 Å². The van der Waals surface area contributed by atoms with Crippen LogP contribution in [0.25, 0.3) is 0 Å². The third-order valence-electron chi connectivity index (χ3n) is 4.31. The van der Waals surface area contributed by atoms with Crippen molar-refractivity contribution in [3.8, 4) is 0 Å². The summed E-state index contributed by atoms with van der Waals surface area (Å²) < 4.78 is 90.3. The van der Waals surface area contributed by atoms with Gasteiger partial charge in [0.05, 0.1) is 17.8 Å². The molecule has 1 heterocycles. The summed E-state index contributed by atoms with van der Waals surface area (Å²) >= 11 is -0.982. The molecule has 2 aromatic carbocycles. The molecular formula is C19H14F7N3O2S. The van der Waals surface area contributed by atoms with Crippen LogP contribution in [0.3, 0.4) is 0 Å². The van der Waals surface area contributed by atoms with E-state index in [4.69, 9.17) is 0 Å². The summed E-state index contributed by atoms with van der Waals surface area (Å²) in [5.74, 6) is -7.47. The Kier molecular flexibility index (Phi) is 6.31. The molecule has 1 aliphatic heterocycles. The Balaban J connectivity index is 1.66. The number of fused-ring (bicyclic) bond motifs is 1. The molecule has 5 nitrogen and oxygen atoms in total. The van der Waals surface area contributed by atoms with E-state index >= 15 is 0 Å². The van der Waals surface area contributed by atoms with Crippen LogP contribution in [0.5, 0.6) is 0 Å². The van der Waals surface area contributed by atoms with E-state index in [1.54, 1.807) is 24.3 Å². The van der Waals surface area contributed by atoms with Gasteiger partial charge in [0.1, 0.15) is 6.04 Å². The van der Waals surface area contributed by atoms with Gasteiger partial charge < -0.3 is 16.0 Å². The number of benzene rings is 2. The van der Waals surface area contributed by atoms with E-state index < -0.39 is 51.9 Å². The third-order valence-corrected chi connectivity index (χ3v) is 5.31. The van der Waals surface area contributed by atoms with E-state index in [9.17, 15) is 40.3 Å². The Morgan fingerprint density at radius 2 is 1.62 bits per heavy atom. The molecule has 172 valence electrons. The first-order valence-electron chi connectivity index (χ1n) is 8.88.